The molecule has 1 aliphatic heterocycles. The zero-order chi connectivity index (χ0) is 26.9. The van der Waals surface area contributed by atoms with Gasteiger partial charge in [-0.25, -0.2) is 17.2 Å². The van der Waals surface area contributed by atoms with Gasteiger partial charge in [0.25, 0.3) is 15.9 Å². The van der Waals surface area contributed by atoms with Gasteiger partial charge < -0.3 is 10.0 Å². The van der Waals surface area contributed by atoms with Crippen LogP contribution in [0.3, 0.4) is 0 Å². The van der Waals surface area contributed by atoms with Crippen molar-refractivity contribution in [2.45, 2.75) is 29.8 Å². The average Bonchev–Trinajstić information content (AvgIpc) is 2.90. The number of fused-ring (bicyclic) bond motifs is 1. The SMILES string of the molecule is O=C(c1ccc(NS(=O)(=O)c2ccc(F)c3cccnc23)cc1)N1CCC(O)(Cc2ccccc2F)CC1. The summed E-state index contributed by atoms with van der Waals surface area (Å²) in [6.45, 7) is 0.617. The van der Waals surface area contributed by atoms with Crippen molar-refractivity contribution in [2.75, 3.05) is 17.8 Å². The highest BCUT2D eigenvalue weighted by atomic mass is 32.2. The topological polar surface area (TPSA) is 99.6 Å². The fourth-order valence-electron chi connectivity index (χ4n) is 4.70. The number of pyridine rings is 1. The average molecular weight is 538 g/mol. The first-order chi connectivity index (χ1) is 18.2. The molecule has 0 saturated carbocycles. The standard InChI is InChI=1S/C28H25F2N3O4S/c29-23-6-2-1-4-20(23)18-28(35)13-16-33(17-14-28)27(34)19-7-9-21(10-8-19)32-38(36,37)25-12-11-24(30)22-5-3-15-31-26(22)25/h1-12,15,32,35H,13-14,16-18H2. The second-order valence-corrected chi connectivity index (χ2v) is 11.1. The predicted octanol–water partition coefficient (Wildman–Crippen LogP) is 4.52. The van der Waals surface area contributed by atoms with Crippen LogP contribution >= 0.6 is 0 Å². The Morgan fingerprint density at radius 1 is 0.947 bits per heavy atom. The minimum atomic E-state index is -4.08. The molecule has 196 valence electrons. The molecular weight excluding hydrogens is 512 g/mol. The number of hydrogen-bond acceptors (Lipinski definition) is 5. The van der Waals surface area contributed by atoms with E-state index in [2.05, 4.69) is 9.71 Å². The number of nitrogens with one attached hydrogen (secondary N) is 1. The molecule has 1 fully saturated rings. The van der Waals surface area contributed by atoms with E-state index in [9.17, 15) is 27.1 Å². The van der Waals surface area contributed by atoms with Gasteiger partial charge in [0.2, 0.25) is 0 Å². The van der Waals surface area contributed by atoms with Crippen molar-refractivity contribution >= 4 is 32.5 Å². The van der Waals surface area contributed by atoms with Gasteiger partial charge in [0.1, 0.15) is 16.5 Å². The minimum absolute atomic E-state index is 0.0202. The third kappa shape index (κ3) is 5.23. The van der Waals surface area contributed by atoms with Crippen molar-refractivity contribution in [3.63, 3.8) is 0 Å². The second kappa shape index (κ2) is 10.1. The Labute approximate surface area is 218 Å². The first-order valence-electron chi connectivity index (χ1n) is 12.1. The summed E-state index contributed by atoms with van der Waals surface area (Å²) in [4.78, 5) is 18.5. The van der Waals surface area contributed by atoms with Crippen molar-refractivity contribution in [1.29, 1.82) is 0 Å². The van der Waals surface area contributed by atoms with Crippen LogP contribution in [0.1, 0.15) is 28.8 Å². The van der Waals surface area contributed by atoms with Crippen LogP contribution in [0.5, 0.6) is 0 Å². The molecule has 7 nitrogen and oxygen atoms in total. The summed E-state index contributed by atoms with van der Waals surface area (Å²) < 4.78 is 56.6. The van der Waals surface area contributed by atoms with E-state index >= 15 is 0 Å². The Morgan fingerprint density at radius 2 is 1.66 bits per heavy atom. The smallest absolute Gasteiger partial charge is 0.264 e. The Bertz CT molecular complexity index is 1600. The van der Waals surface area contributed by atoms with Crippen molar-refractivity contribution in [2.24, 2.45) is 0 Å². The number of aliphatic hydroxyl groups is 1. The summed E-state index contributed by atoms with van der Waals surface area (Å²) in [5, 5.41) is 11.0. The number of halogens is 2. The molecule has 1 aliphatic rings. The second-order valence-electron chi connectivity index (χ2n) is 9.41. The Hall–Kier alpha value is -3.89. The quantitative estimate of drug-likeness (QED) is 0.377. The third-order valence-corrected chi connectivity index (χ3v) is 8.22. The van der Waals surface area contributed by atoms with E-state index < -0.39 is 21.4 Å². The van der Waals surface area contributed by atoms with Gasteiger partial charge in [-0.1, -0.05) is 18.2 Å². The van der Waals surface area contributed by atoms with Crippen LogP contribution in [-0.2, 0) is 16.4 Å². The maximum atomic E-state index is 14.1. The number of sulfonamides is 1. The maximum absolute atomic E-state index is 14.1. The predicted molar refractivity (Wildman–Crippen MR) is 139 cm³/mol. The zero-order valence-electron chi connectivity index (χ0n) is 20.3. The van der Waals surface area contributed by atoms with E-state index in [4.69, 9.17) is 0 Å². The number of hydrogen-bond donors (Lipinski definition) is 2. The van der Waals surface area contributed by atoms with Gasteiger partial charge in [0, 0.05) is 42.3 Å². The van der Waals surface area contributed by atoms with Gasteiger partial charge in [-0.15, -0.1) is 0 Å². The number of amides is 1. The lowest BCUT2D eigenvalue weighted by molar-refractivity contribution is -0.0167. The molecule has 10 heteroatoms. The van der Waals surface area contributed by atoms with Crippen LogP contribution in [0.25, 0.3) is 10.9 Å². The van der Waals surface area contributed by atoms with Crippen LogP contribution in [-0.4, -0.2) is 48.0 Å². The van der Waals surface area contributed by atoms with Gasteiger partial charge in [0.05, 0.1) is 11.1 Å². The molecule has 0 aliphatic carbocycles. The summed E-state index contributed by atoms with van der Waals surface area (Å²) >= 11 is 0. The molecule has 0 spiro atoms. The van der Waals surface area contributed by atoms with Gasteiger partial charge in [0.15, 0.2) is 0 Å². The molecule has 38 heavy (non-hydrogen) atoms. The van der Waals surface area contributed by atoms with Crippen molar-refractivity contribution in [3.05, 3.63) is 102 Å². The Kier molecular flexibility index (Phi) is 6.85. The highest BCUT2D eigenvalue weighted by Crippen LogP contribution is 2.29. The molecule has 2 heterocycles. The molecule has 1 aromatic heterocycles. The number of nitrogens with zero attached hydrogens (tertiary/aromatic N) is 2. The first kappa shape index (κ1) is 25.7. The number of piperidine rings is 1. The van der Waals surface area contributed by atoms with Gasteiger partial charge >= 0.3 is 0 Å². The van der Waals surface area contributed by atoms with Gasteiger partial charge in [-0.2, -0.15) is 0 Å². The summed E-state index contributed by atoms with van der Waals surface area (Å²) in [6.07, 6.45) is 2.19. The van der Waals surface area contributed by atoms with Crippen LogP contribution in [0, 0.1) is 11.6 Å². The molecule has 5 rings (SSSR count). The summed E-state index contributed by atoms with van der Waals surface area (Å²) in [5.74, 6) is -1.18. The number of aromatic nitrogens is 1. The van der Waals surface area contributed by atoms with E-state index in [0.717, 1.165) is 12.1 Å². The highest BCUT2D eigenvalue weighted by molar-refractivity contribution is 7.93. The van der Waals surface area contributed by atoms with Crippen LogP contribution in [0.15, 0.2) is 83.9 Å². The molecule has 0 bridgehead atoms. The molecule has 3 aromatic carbocycles. The number of likely N-dealkylation sites (tertiary alicyclic amines) is 1. The molecular formula is C28H25F2N3O4S. The van der Waals surface area contributed by atoms with E-state index in [1.165, 1.54) is 48.7 Å². The molecule has 2 N–H and O–H groups in total. The van der Waals surface area contributed by atoms with Crippen LogP contribution < -0.4 is 4.72 Å². The molecule has 0 radical (unpaired) electrons. The van der Waals surface area contributed by atoms with E-state index in [1.807, 2.05) is 0 Å². The lowest BCUT2D eigenvalue weighted by atomic mass is 9.85. The van der Waals surface area contributed by atoms with Crippen molar-refractivity contribution < 1.29 is 27.1 Å². The van der Waals surface area contributed by atoms with Crippen LogP contribution in [0.4, 0.5) is 14.5 Å². The molecule has 1 amide bonds. The Balaban J connectivity index is 1.25. The van der Waals surface area contributed by atoms with E-state index in [-0.39, 0.29) is 39.6 Å². The van der Waals surface area contributed by atoms with Crippen LogP contribution in [0.2, 0.25) is 0 Å². The largest absolute Gasteiger partial charge is 0.389 e. The van der Waals surface area contributed by atoms with E-state index in [0.29, 0.717) is 37.1 Å². The van der Waals surface area contributed by atoms with E-state index in [1.54, 1.807) is 23.1 Å². The minimum Gasteiger partial charge on any atom is -0.389 e. The molecule has 0 unspecified atom stereocenters. The number of carbonyl (C=O) groups excluding carboxylic acids is 1. The summed E-state index contributed by atoms with van der Waals surface area (Å²) in [5.41, 5.74) is -0.0427. The van der Waals surface area contributed by atoms with Crippen molar-refractivity contribution in [3.8, 4) is 0 Å². The number of rotatable bonds is 6. The fraction of sp³-hybridized carbons (Fsp3) is 0.214. The number of anilines is 1. The number of carbonyl (C=O) groups is 1. The van der Waals surface area contributed by atoms with Gasteiger partial charge in [-0.05, 0) is 73.0 Å². The van der Waals surface area contributed by atoms with Crippen molar-refractivity contribution in [1.82, 2.24) is 9.88 Å². The lowest BCUT2D eigenvalue weighted by Crippen LogP contribution is -2.47. The summed E-state index contributed by atoms with van der Waals surface area (Å²) in [6, 6.07) is 17.5. The zero-order valence-corrected chi connectivity index (χ0v) is 21.1. The fourth-order valence-corrected chi connectivity index (χ4v) is 5.92. The molecule has 0 atom stereocenters. The summed E-state index contributed by atoms with van der Waals surface area (Å²) in [7, 11) is -4.08. The molecule has 4 aromatic rings. The Morgan fingerprint density at radius 3 is 2.37 bits per heavy atom. The third-order valence-electron chi connectivity index (χ3n) is 6.81. The number of benzene rings is 3. The normalized spacial score (nSPS) is 15.4. The highest BCUT2D eigenvalue weighted by Gasteiger charge is 2.35. The maximum Gasteiger partial charge on any atom is 0.264 e. The lowest BCUT2D eigenvalue weighted by Gasteiger charge is -2.38. The first-order valence-corrected chi connectivity index (χ1v) is 13.5. The molecule has 1 saturated heterocycles. The monoisotopic (exact) mass is 537 g/mol. The van der Waals surface area contributed by atoms with Gasteiger partial charge in [-0.3, -0.25) is 14.5 Å².